The van der Waals surface area contributed by atoms with Gasteiger partial charge in [0.2, 0.25) is 0 Å². The Morgan fingerprint density at radius 2 is 2.19 bits per heavy atom. The molecule has 1 aromatic carbocycles. The fourth-order valence-electron chi connectivity index (χ4n) is 2.13. The van der Waals surface area contributed by atoms with Gasteiger partial charge in [0.1, 0.15) is 5.52 Å². The van der Waals surface area contributed by atoms with Gasteiger partial charge in [0.15, 0.2) is 0 Å². The lowest BCUT2D eigenvalue weighted by Gasteiger charge is -2.09. The number of rotatable bonds is 4. The standard InChI is InChI=1S/C14H12N4O2S/c1-9-13(21-8-17-9)7-16-11-4-5-12(18(19)20)14-10(11)3-2-6-15-14/h2-6,8,16H,7H2,1H3. The molecule has 0 aliphatic carbocycles. The first-order valence-electron chi connectivity index (χ1n) is 6.32. The van der Waals surface area contributed by atoms with Gasteiger partial charge in [-0.05, 0) is 25.1 Å². The number of fused-ring (bicyclic) bond motifs is 1. The largest absolute Gasteiger partial charge is 0.380 e. The van der Waals surface area contributed by atoms with Gasteiger partial charge in [-0.3, -0.25) is 10.1 Å². The fourth-order valence-corrected chi connectivity index (χ4v) is 2.85. The van der Waals surface area contributed by atoms with Gasteiger partial charge in [0.25, 0.3) is 5.69 Å². The molecule has 0 bridgehead atoms. The summed E-state index contributed by atoms with van der Waals surface area (Å²) in [4.78, 5) is 20.1. The van der Waals surface area contributed by atoms with Gasteiger partial charge in [-0.15, -0.1) is 11.3 Å². The molecule has 0 unspecified atom stereocenters. The molecule has 3 rings (SSSR count). The molecule has 0 atom stereocenters. The number of pyridine rings is 1. The van der Waals surface area contributed by atoms with Crippen LogP contribution in [0, 0.1) is 17.0 Å². The van der Waals surface area contributed by atoms with E-state index in [0.29, 0.717) is 12.1 Å². The van der Waals surface area contributed by atoms with Crippen molar-refractivity contribution in [3.63, 3.8) is 0 Å². The zero-order valence-electron chi connectivity index (χ0n) is 11.2. The lowest BCUT2D eigenvalue weighted by atomic mass is 10.1. The van der Waals surface area contributed by atoms with Crippen LogP contribution in [0.4, 0.5) is 11.4 Å². The number of aryl methyl sites for hydroxylation is 1. The molecule has 0 radical (unpaired) electrons. The molecule has 0 saturated carbocycles. The zero-order valence-corrected chi connectivity index (χ0v) is 12.1. The summed E-state index contributed by atoms with van der Waals surface area (Å²) >= 11 is 1.58. The summed E-state index contributed by atoms with van der Waals surface area (Å²) in [6.45, 7) is 2.60. The predicted octanol–water partition coefficient (Wildman–Crippen LogP) is 3.52. The molecule has 2 heterocycles. The van der Waals surface area contributed by atoms with Gasteiger partial charge in [-0.25, -0.2) is 9.97 Å². The summed E-state index contributed by atoms with van der Waals surface area (Å²) < 4.78 is 0. The Kier molecular flexibility index (Phi) is 3.49. The number of anilines is 1. The minimum absolute atomic E-state index is 0.0186. The van der Waals surface area contributed by atoms with E-state index in [1.807, 2.05) is 18.5 Å². The minimum atomic E-state index is -0.410. The second kappa shape index (κ2) is 5.45. The number of benzene rings is 1. The third kappa shape index (κ3) is 2.55. The number of nitro groups is 1. The van der Waals surface area contributed by atoms with Gasteiger partial charge in [-0.2, -0.15) is 0 Å². The lowest BCUT2D eigenvalue weighted by molar-refractivity contribution is -0.383. The Hall–Kier alpha value is -2.54. The van der Waals surface area contributed by atoms with Crippen molar-refractivity contribution >= 4 is 33.6 Å². The smallest absolute Gasteiger partial charge is 0.295 e. The monoisotopic (exact) mass is 300 g/mol. The van der Waals surface area contributed by atoms with Gasteiger partial charge in [0.05, 0.1) is 22.7 Å². The molecule has 106 valence electrons. The molecule has 0 amide bonds. The van der Waals surface area contributed by atoms with Crippen molar-refractivity contribution in [2.45, 2.75) is 13.5 Å². The van der Waals surface area contributed by atoms with Crippen LogP contribution in [0.25, 0.3) is 10.9 Å². The molecular formula is C14H12N4O2S. The van der Waals surface area contributed by atoms with E-state index in [1.54, 1.807) is 29.7 Å². The van der Waals surface area contributed by atoms with Crippen LogP contribution in [0.3, 0.4) is 0 Å². The molecule has 1 N–H and O–H groups in total. The molecule has 0 spiro atoms. The quantitative estimate of drug-likeness (QED) is 0.589. The van der Waals surface area contributed by atoms with E-state index in [1.165, 1.54) is 6.07 Å². The number of hydrogen-bond donors (Lipinski definition) is 1. The van der Waals surface area contributed by atoms with Crippen molar-refractivity contribution in [2.24, 2.45) is 0 Å². The highest BCUT2D eigenvalue weighted by molar-refractivity contribution is 7.09. The Morgan fingerprint density at radius 1 is 1.33 bits per heavy atom. The fraction of sp³-hybridized carbons (Fsp3) is 0.143. The van der Waals surface area contributed by atoms with E-state index in [4.69, 9.17) is 0 Å². The number of nitrogens with zero attached hydrogens (tertiary/aromatic N) is 3. The highest BCUT2D eigenvalue weighted by atomic mass is 32.1. The Balaban J connectivity index is 1.98. The molecule has 0 saturated heterocycles. The van der Waals surface area contributed by atoms with Crippen LogP contribution in [-0.2, 0) is 6.54 Å². The second-order valence-corrected chi connectivity index (χ2v) is 5.44. The summed E-state index contributed by atoms with van der Waals surface area (Å²) in [6.07, 6.45) is 1.56. The van der Waals surface area contributed by atoms with Crippen LogP contribution in [0.15, 0.2) is 36.0 Å². The number of thiazole rings is 1. The van der Waals surface area contributed by atoms with E-state index >= 15 is 0 Å². The molecule has 0 fully saturated rings. The number of nitro benzene ring substituents is 1. The van der Waals surface area contributed by atoms with Gasteiger partial charge >= 0.3 is 0 Å². The summed E-state index contributed by atoms with van der Waals surface area (Å²) in [7, 11) is 0. The molecular weight excluding hydrogens is 288 g/mol. The van der Waals surface area contributed by atoms with E-state index in [0.717, 1.165) is 21.6 Å². The highest BCUT2D eigenvalue weighted by Crippen LogP contribution is 2.30. The Labute approximate surface area is 124 Å². The van der Waals surface area contributed by atoms with Gasteiger partial charge < -0.3 is 5.32 Å². The first kappa shape index (κ1) is 13.4. The number of non-ortho nitro benzene ring substituents is 1. The molecule has 2 aromatic heterocycles. The first-order valence-corrected chi connectivity index (χ1v) is 7.19. The summed E-state index contributed by atoms with van der Waals surface area (Å²) in [5, 5.41) is 15.1. The topological polar surface area (TPSA) is 81.0 Å². The summed E-state index contributed by atoms with van der Waals surface area (Å²) in [6, 6.07) is 6.81. The van der Waals surface area contributed by atoms with E-state index in [2.05, 4.69) is 15.3 Å². The van der Waals surface area contributed by atoms with Crippen molar-refractivity contribution in [3.05, 3.63) is 56.7 Å². The van der Waals surface area contributed by atoms with E-state index in [9.17, 15) is 10.1 Å². The summed E-state index contributed by atoms with van der Waals surface area (Å²) in [5.74, 6) is 0. The van der Waals surface area contributed by atoms with Gasteiger partial charge in [0, 0.05) is 28.2 Å². The maximum atomic E-state index is 11.1. The van der Waals surface area contributed by atoms with Crippen LogP contribution in [-0.4, -0.2) is 14.9 Å². The van der Waals surface area contributed by atoms with E-state index < -0.39 is 4.92 Å². The van der Waals surface area contributed by atoms with Crippen LogP contribution in [0.5, 0.6) is 0 Å². The zero-order chi connectivity index (χ0) is 14.8. The highest BCUT2D eigenvalue weighted by Gasteiger charge is 2.15. The SMILES string of the molecule is Cc1ncsc1CNc1ccc([N+](=O)[O-])c2ncccc12. The molecule has 3 aromatic rings. The van der Waals surface area contributed by atoms with Crippen molar-refractivity contribution < 1.29 is 4.92 Å². The van der Waals surface area contributed by atoms with Crippen LogP contribution >= 0.6 is 11.3 Å². The maximum absolute atomic E-state index is 11.1. The third-order valence-corrected chi connectivity index (χ3v) is 4.16. The maximum Gasteiger partial charge on any atom is 0.295 e. The third-order valence-electron chi connectivity index (χ3n) is 3.23. The number of hydrogen-bond acceptors (Lipinski definition) is 6. The average Bonchev–Trinajstić information content (AvgIpc) is 2.89. The second-order valence-electron chi connectivity index (χ2n) is 4.50. The van der Waals surface area contributed by atoms with Crippen LogP contribution in [0.2, 0.25) is 0 Å². The molecule has 6 nitrogen and oxygen atoms in total. The molecule has 0 aliphatic rings. The lowest BCUT2D eigenvalue weighted by Crippen LogP contribution is -2.01. The van der Waals surface area contributed by atoms with Crippen LogP contribution in [0.1, 0.15) is 10.6 Å². The van der Waals surface area contributed by atoms with Gasteiger partial charge in [-0.1, -0.05) is 0 Å². The minimum Gasteiger partial charge on any atom is -0.380 e. The summed E-state index contributed by atoms with van der Waals surface area (Å²) in [5.41, 5.74) is 4.05. The van der Waals surface area contributed by atoms with Crippen molar-refractivity contribution in [1.29, 1.82) is 0 Å². The predicted molar refractivity (Wildman–Crippen MR) is 82.6 cm³/mol. The van der Waals surface area contributed by atoms with Crippen molar-refractivity contribution in [3.8, 4) is 0 Å². The molecule has 7 heteroatoms. The normalized spacial score (nSPS) is 10.7. The molecule has 21 heavy (non-hydrogen) atoms. The first-order chi connectivity index (χ1) is 10.2. The van der Waals surface area contributed by atoms with E-state index in [-0.39, 0.29) is 5.69 Å². The van der Waals surface area contributed by atoms with Crippen LogP contribution < -0.4 is 5.32 Å². The Morgan fingerprint density at radius 3 is 2.90 bits per heavy atom. The number of nitrogens with one attached hydrogen (secondary N) is 1. The molecule has 0 aliphatic heterocycles. The number of aromatic nitrogens is 2. The average molecular weight is 300 g/mol. The van der Waals surface area contributed by atoms with Crippen molar-refractivity contribution in [2.75, 3.05) is 5.32 Å². The van der Waals surface area contributed by atoms with Crippen molar-refractivity contribution in [1.82, 2.24) is 9.97 Å². The Bertz CT molecular complexity index is 816.